The third-order valence-corrected chi connectivity index (χ3v) is 5.17. The number of para-hydroxylation sites is 1. The molecule has 6 heteroatoms. The van der Waals surface area contributed by atoms with Crippen molar-refractivity contribution >= 4 is 34.9 Å². The number of nitrogens with zero attached hydrogens (tertiary/aromatic N) is 1. The molecule has 2 aromatic carbocycles. The number of anilines is 1. The van der Waals surface area contributed by atoms with Crippen LogP contribution in [0.3, 0.4) is 0 Å². The van der Waals surface area contributed by atoms with Gasteiger partial charge in [-0.2, -0.15) is 0 Å². The van der Waals surface area contributed by atoms with Crippen molar-refractivity contribution in [2.24, 2.45) is 5.92 Å². The van der Waals surface area contributed by atoms with E-state index in [1.54, 1.807) is 29.2 Å². The van der Waals surface area contributed by atoms with Crippen molar-refractivity contribution in [1.29, 1.82) is 0 Å². The fourth-order valence-electron chi connectivity index (χ4n) is 3.34. The predicted molar refractivity (Wildman–Crippen MR) is 109 cm³/mol. The first-order chi connectivity index (χ1) is 13.5. The highest BCUT2D eigenvalue weighted by Gasteiger charge is 2.28. The van der Waals surface area contributed by atoms with Gasteiger partial charge in [0.25, 0.3) is 0 Å². The van der Waals surface area contributed by atoms with E-state index in [0.717, 1.165) is 18.5 Å². The molecular formula is C22H23ClN2O3. The molecule has 2 aromatic rings. The molecule has 5 nitrogen and oxygen atoms in total. The van der Waals surface area contributed by atoms with E-state index in [1.165, 1.54) is 0 Å². The summed E-state index contributed by atoms with van der Waals surface area (Å²) >= 11 is 5.83. The first-order valence-electron chi connectivity index (χ1n) is 9.45. The van der Waals surface area contributed by atoms with Crippen LogP contribution in [0.1, 0.15) is 36.0 Å². The van der Waals surface area contributed by atoms with Crippen molar-refractivity contribution in [2.45, 2.75) is 25.7 Å². The van der Waals surface area contributed by atoms with Gasteiger partial charge in [-0.3, -0.25) is 14.4 Å². The maximum Gasteiger partial charge on any atom is 0.229 e. The highest BCUT2D eigenvalue weighted by atomic mass is 35.5. The van der Waals surface area contributed by atoms with Crippen LogP contribution in [-0.4, -0.2) is 35.6 Å². The molecule has 2 amide bonds. The van der Waals surface area contributed by atoms with Gasteiger partial charge in [0, 0.05) is 42.2 Å². The first kappa shape index (κ1) is 20.1. The number of hydrogen-bond donors (Lipinski definition) is 1. The van der Waals surface area contributed by atoms with Gasteiger partial charge in [-0.05, 0) is 49.2 Å². The summed E-state index contributed by atoms with van der Waals surface area (Å²) in [5, 5.41) is 3.48. The number of ketones is 1. The van der Waals surface area contributed by atoms with Gasteiger partial charge in [-0.25, -0.2) is 0 Å². The molecule has 28 heavy (non-hydrogen) atoms. The molecule has 1 heterocycles. The Labute approximate surface area is 169 Å². The third-order valence-electron chi connectivity index (χ3n) is 4.92. The minimum absolute atomic E-state index is 0.0686. The van der Waals surface area contributed by atoms with Gasteiger partial charge < -0.3 is 10.2 Å². The van der Waals surface area contributed by atoms with Crippen molar-refractivity contribution in [1.82, 2.24) is 4.90 Å². The second-order valence-corrected chi connectivity index (χ2v) is 7.40. The Bertz CT molecular complexity index is 837. The van der Waals surface area contributed by atoms with Crippen molar-refractivity contribution in [3.8, 4) is 0 Å². The van der Waals surface area contributed by atoms with Crippen LogP contribution in [0.4, 0.5) is 5.69 Å². The Balaban J connectivity index is 1.50. The average Bonchev–Trinajstić information content (AvgIpc) is 2.73. The molecule has 146 valence electrons. The maximum absolute atomic E-state index is 12.5. The van der Waals surface area contributed by atoms with Gasteiger partial charge >= 0.3 is 0 Å². The summed E-state index contributed by atoms with van der Waals surface area (Å²) in [5.74, 6) is -0.467. The van der Waals surface area contributed by atoms with Gasteiger partial charge in [0.2, 0.25) is 11.8 Å². The minimum atomic E-state index is -0.232. The summed E-state index contributed by atoms with van der Waals surface area (Å²) in [4.78, 5) is 39.0. The molecule has 1 atom stereocenters. The number of hydrogen-bond acceptors (Lipinski definition) is 3. The number of carbonyl (C=O) groups is 3. The number of nitrogens with one attached hydrogen (secondary N) is 1. The molecular weight excluding hydrogens is 376 g/mol. The van der Waals surface area contributed by atoms with E-state index in [-0.39, 0.29) is 36.4 Å². The molecule has 1 aliphatic rings. The number of piperidine rings is 1. The molecule has 0 aromatic heterocycles. The average molecular weight is 399 g/mol. The van der Waals surface area contributed by atoms with Gasteiger partial charge in [-0.15, -0.1) is 0 Å². The van der Waals surface area contributed by atoms with Crippen molar-refractivity contribution < 1.29 is 14.4 Å². The molecule has 1 N–H and O–H groups in total. The largest absolute Gasteiger partial charge is 0.342 e. The smallest absolute Gasteiger partial charge is 0.229 e. The van der Waals surface area contributed by atoms with Crippen LogP contribution >= 0.6 is 11.6 Å². The van der Waals surface area contributed by atoms with Crippen molar-refractivity contribution in [3.05, 3.63) is 65.2 Å². The fourth-order valence-corrected chi connectivity index (χ4v) is 3.47. The highest BCUT2D eigenvalue weighted by Crippen LogP contribution is 2.20. The van der Waals surface area contributed by atoms with Crippen molar-refractivity contribution in [3.63, 3.8) is 0 Å². The zero-order valence-corrected chi connectivity index (χ0v) is 16.3. The lowest BCUT2D eigenvalue weighted by molar-refractivity contribution is -0.134. The lowest BCUT2D eigenvalue weighted by Crippen LogP contribution is -2.43. The second kappa shape index (κ2) is 9.51. The zero-order chi connectivity index (χ0) is 19.9. The Hall–Kier alpha value is -2.66. The van der Waals surface area contributed by atoms with Gasteiger partial charge in [0.15, 0.2) is 5.78 Å². The molecule has 0 radical (unpaired) electrons. The van der Waals surface area contributed by atoms with Crippen molar-refractivity contribution in [2.75, 3.05) is 18.4 Å². The number of halogens is 1. The van der Waals surface area contributed by atoms with Gasteiger partial charge in [0.1, 0.15) is 0 Å². The van der Waals surface area contributed by atoms with Crippen LogP contribution in [0.15, 0.2) is 54.6 Å². The van der Waals surface area contributed by atoms with Crippen LogP contribution in [0.25, 0.3) is 0 Å². The number of carbonyl (C=O) groups excluding carboxylic acids is 3. The van der Waals surface area contributed by atoms with Crippen LogP contribution in [0.2, 0.25) is 5.02 Å². The Morgan fingerprint density at radius 3 is 2.43 bits per heavy atom. The summed E-state index contributed by atoms with van der Waals surface area (Å²) in [6.45, 7) is 1.02. The SMILES string of the molecule is O=C(CCC(=O)N1CCCC(C(=O)Nc2ccccc2)C1)c1ccc(Cl)cc1. The van der Waals surface area contributed by atoms with Crippen LogP contribution < -0.4 is 5.32 Å². The van der Waals surface area contributed by atoms with E-state index in [2.05, 4.69) is 5.32 Å². The number of likely N-dealkylation sites (tertiary alicyclic amines) is 1. The molecule has 0 aliphatic carbocycles. The number of rotatable bonds is 6. The normalized spacial score (nSPS) is 16.5. The van der Waals surface area contributed by atoms with Gasteiger partial charge in [0.05, 0.1) is 5.92 Å². The summed E-state index contributed by atoms with van der Waals surface area (Å²) in [6, 6.07) is 16.0. The molecule has 3 rings (SSSR count). The van der Waals surface area contributed by atoms with Crippen LogP contribution in [0, 0.1) is 5.92 Å². The molecule has 1 fully saturated rings. The molecule has 0 spiro atoms. The maximum atomic E-state index is 12.5. The van der Waals surface area contributed by atoms with Crippen LogP contribution in [-0.2, 0) is 9.59 Å². The molecule has 1 unspecified atom stereocenters. The zero-order valence-electron chi connectivity index (χ0n) is 15.6. The molecule has 1 aliphatic heterocycles. The first-order valence-corrected chi connectivity index (χ1v) is 9.83. The van der Waals surface area contributed by atoms with E-state index in [4.69, 9.17) is 11.6 Å². The second-order valence-electron chi connectivity index (χ2n) is 6.96. The third kappa shape index (κ3) is 5.42. The Morgan fingerprint density at radius 2 is 1.71 bits per heavy atom. The van der Waals surface area contributed by atoms with Crippen LogP contribution in [0.5, 0.6) is 0 Å². The fraction of sp³-hybridized carbons (Fsp3) is 0.318. The summed E-state index contributed by atoms with van der Waals surface area (Å²) in [5.41, 5.74) is 1.31. The lowest BCUT2D eigenvalue weighted by Gasteiger charge is -2.32. The summed E-state index contributed by atoms with van der Waals surface area (Å²) < 4.78 is 0. The van der Waals surface area contributed by atoms with E-state index < -0.39 is 0 Å². The number of amides is 2. The van der Waals surface area contributed by atoms with E-state index in [9.17, 15) is 14.4 Å². The van der Waals surface area contributed by atoms with Gasteiger partial charge in [-0.1, -0.05) is 29.8 Å². The topological polar surface area (TPSA) is 66.5 Å². The molecule has 0 saturated carbocycles. The lowest BCUT2D eigenvalue weighted by atomic mass is 9.96. The molecule has 0 bridgehead atoms. The van der Waals surface area contributed by atoms with E-state index in [1.807, 2.05) is 30.3 Å². The summed E-state index contributed by atoms with van der Waals surface area (Å²) in [7, 11) is 0. The Kier molecular flexibility index (Phi) is 6.82. The highest BCUT2D eigenvalue weighted by molar-refractivity contribution is 6.30. The number of benzene rings is 2. The van der Waals surface area contributed by atoms with E-state index >= 15 is 0 Å². The standard InChI is InChI=1S/C22H23ClN2O3/c23-18-10-8-16(9-11-18)20(26)12-13-21(27)25-14-4-5-17(15-25)22(28)24-19-6-2-1-3-7-19/h1-3,6-11,17H,4-5,12-15H2,(H,24,28). The monoisotopic (exact) mass is 398 g/mol. The quantitative estimate of drug-likeness (QED) is 0.742. The van der Waals surface area contributed by atoms with E-state index in [0.29, 0.717) is 23.7 Å². The summed E-state index contributed by atoms with van der Waals surface area (Å²) in [6.07, 6.45) is 1.84. The molecule has 1 saturated heterocycles. The predicted octanol–water partition coefficient (Wildman–Crippen LogP) is 4.18. The number of Topliss-reactive ketones (excluding diaryl/α,β-unsaturated/α-hetero) is 1. The Morgan fingerprint density at radius 1 is 1.00 bits per heavy atom. The minimum Gasteiger partial charge on any atom is -0.342 e.